The van der Waals surface area contributed by atoms with Crippen molar-refractivity contribution in [1.29, 1.82) is 0 Å². The third-order valence-corrected chi connectivity index (χ3v) is 6.71. The molecule has 0 bridgehead atoms. The van der Waals surface area contributed by atoms with Crippen LogP contribution >= 0.6 is 11.3 Å². The minimum atomic E-state index is -0.266. The summed E-state index contributed by atoms with van der Waals surface area (Å²) in [7, 11) is 0. The van der Waals surface area contributed by atoms with Gasteiger partial charge in [0, 0.05) is 30.4 Å². The van der Waals surface area contributed by atoms with Crippen molar-refractivity contribution in [3.63, 3.8) is 0 Å². The van der Waals surface area contributed by atoms with Gasteiger partial charge < -0.3 is 15.5 Å². The fraction of sp³-hybridized carbons (Fsp3) is 0.333. The Kier molecular flexibility index (Phi) is 6.50. The molecule has 0 aliphatic carbocycles. The zero-order valence-corrected chi connectivity index (χ0v) is 19.3. The lowest BCUT2D eigenvalue weighted by molar-refractivity contribution is 0.102. The Balaban J connectivity index is 1.39. The molecule has 0 saturated carbocycles. The highest BCUT2D eigenvalue weighted by Crippen LogP contribution is 2.30. The first-order chi connectivity index (χ1) is 15.4. The zero-order valence-electron chi connectivity index (χ0n) is 18.5. The zero-order chi connectivity index (χ0) is 22.7. The number of likely N-dealkylation sites (tertiary alicyclic amines) is 1. The van der Waals surface area contributed by atoms with Crippen LogP contribution in [0.3, 0.4) is 0 Å². The second kappa shape index (κ2) is 9.48. The molecule has 3 aromatic rings. The van der Waals surface area contributed by atoms with Gasteiger partial charge in [-0.15, -0.1) is 10.2 Å². The first kappa shape index (κ1) is 22.0. The lowest BCUT2D eigenvalue weighted by atomic mass is 9.99. The molecule has 32 heavy (non-hydrogen) atoms. The summed E-state index contributed by atoms with van der Waals surface area (Å²) in [5, 5.41) is 15.4. The molecular formula is C24H27N5O2S. The van der Waals surface area contributed by atoms with Crippen molar-refractivity contribution in [3.05, 3.63) is 69.2 Å². The van der Waals surface area contributed by atoms with Gasteiger partial charge in [0.05, 0.1) is 0 Å². The maximum atomic E-state index is 12.8. The molecule has 0 unspecified atom stereocenters. The van der Waals surface area contributed by atoms with Gasteiger partial charge in [-0.25, -0.2) is 4.79 Å². The van der Waals surface area contributed by atoms with Gasteiger partial charge in [-0.2, -0.15) is 0 Å². The number of rotatable bonds is 4. The van der Waals surface area contributed by atoms with Crippen LogP contribution in [0.4, 0.5) is 16.2 Å². The van der Waals surface area contributed by atoms with Crippen LogP contribution in [0.1, 0.15) is 50.3 Å². The Morgan fingerprint density at radius 3 is 2.50 bits per heavy atom. The number of carbonyl (C=O) groups is 2. The highest BCUT2D eigenvalue weighted by Gasteiger charge is 2.28. The molecule has 1 atom stereocenters. The van der Waals surface area contributed by atoms with Crippen molar-refractivity contribution in [3.8, 4) is 0 Å². The number of hydrogen-bond donors (Lipinski definition) is 2. The molecule has 2 heterocycles. The first-order valence-electron chi connectivity index (χ1n) is 10.7. The summed E-state index contributed by atoms with van der Waals surface area (Å²) in [5.74, 6) is -0.190. The number of anilines is 2. The van der Waals surface area contributed by atoms with E-state index in [1.165, 1.54) is 11.3 Å². The van der Waals surface area contributed by atoms with E-state index in [1.54, 1.807) is 0 Å². The standard InChI is InChI=1S/C24H27N5O2S/c1-15-6-9-19(10-7-15)25-21(30)23-28-27-22(32-23)18-5-4-12-29(14-18)24(31)26-20-11-8-16(2)13-17(20)3/h6-11,13,18H,4-5,12,14H2,1-3H3,(H,25,30)(H,26,31)/t18-/m1/s1. The topological polar surface area (TPSA) is 87.2 Å². The average Bonchev–Trinajstić information content (AvgIpc) is 3.28. The number of piperidine rings is 1. The summed E-state index contributed by atoms with van der Waals surface area (Å²) in [6, 6.07) is 13.5. The molecule has 1 aromatic heterocycles. The molecule has 1 saturated heterocycles. The number of aryl methyl sites for hydroxylation is 3. The summed E-state index contributed by atoms with van der Waals surface area (Å²) in [6.07, 6.45) is 1.80. The third-order valence-electron chi connectivity index (χ3n) is 5.63. The maximum Gasteiger partial charge on any atom is 0.321 e. The molecule has 1 aliphatic rings. The highest BCUT2D eigenvalue weighted by atomic mass is 32.1. The van der Waals surface area contributed by atoms with E-state index in [0.717, 1.165) is 45.9 Å². The Hall–Kier alpha value is -3.26. The number of nitrogens with zero attached hydrogens (tertiary/aromatic N) is 3. The molecule has 1 aliphatic heterocycles. The second-order valence-corrected chi connectivity index (χ2v) is 9.31. The predicted octanol–water partition coefficient (Wildman–Crippen LogP) is 5.13. The molecule has 3 amide bonds. The molecule has 2 aromatic carbocycles. The van der Waals surface area contributed by atoms with E-state index in [-0.39, 0.29) is 17.9 Å². The van der Waals surface area contributed by atoms with Crippen LogP contribution in [0.15, 0.2) is 42.5 Å². The van der Waals surface area contributed by atoms with Crippen LogP contribution in [0.5, 0.6) is 0 Å². The van der Waals surface area contributed by atoms with Crippen molar-refractivity contribution >= 4 is 34.6 Å². The minimum Gasteiger partial charge on any atom is -0.324 e. The SMILES string of the molecule is Cc1ccc(NC(=O)c2nnc([C@@H]3CCCN(C(=O)Nc4ccc(C)cc4C)C3)s2)cc1. The largest absolute Gasteiger partial charge is 0.324 e. The molecule has 8 heteroatoms. The predicted molar refractivity (Wildman–Crippen MR) is 128 cm³/mol. The summed E-state index contributed by atoms with van der Waals surface area (Å²) in [6.45, 7) is 7.29. The number of carbonyl (C=O) groups excluding carboxylic acids is 2. The van der Waals surface area contributed by atoms with Gasteiger partial charge in [0.1, 0.15) is 5.01 Å². The van der Waals surface area contributed by atoms with E-state index >= 15 is 0 Å². The molecular weight excluding hydrogens is 422 g/mol. The van der Waals surface area contributed by atoms with Gasteiger partial charge in [-0.1, -0.05) is 46.7 Å². The van der Waals surface area contributed by atoms with E-state index in [2.05, 4.69) is 26.9 Å². The van der Waals surface area contributed by atoms with E-state index in [9.17, 15) is 9.59 Å². The monoisotopic (exact) mass is 449 g/mol. The number of amides is 3. The molecule has 2 N–H and O–H groups in total. The molecule has 4 rings (SSSR count). The summed E-state index contributed by atoms with van der Waals surface area (Å²) in [4.78, 5) is 27.2. The molecule has 166 valence electrons. The van der Waals surface area contributed by atoms with Crippen molar-refractivity contribution in [2.75, 3.05) is 23.7 Å². The molecule has 0 spiro atoms. The first-order valence-corrected chi connectivity index (χ1v) is 11.6. The third kappa shape index (κ3) is 5.13. The van der Waals surface area contributed by atoms with Gasteiger partial charge in [0.15, 0.2) is 0 Å². The van der Waals surface area contributed by atoms with Crippen LogP contribution in [0, 0.1) is 20.8 Å². The molecule has 7 nitrogen and oxygen atoms in total. The lowest BCUT2D eigenvalue weighted by Crippen LogP contribution is -2.41. The smallest absolute Gasteiger partial charge is 0.321 e. The molecule has 0 radical (unpaired) electrons. The summed E-state index contributed by atoms with van der Waals surface area (Å²) in [5.41, 5.74) is 4.89. The van der Waals surface area contributed by atoms with E-state index in [0.29, 0.717) is 18.1 Å². The van der Waals surface area contributed by atoms with Crippen LogP contribution in [-0.2, 0) is 0 Å². The number of aromatic nitrogens is 2. The fourth-order valence-corrected chi connectivity index (χ4v) is 4.69. The van der Waals surface area contributed by atoms with Gasteiger partial charge in [-0.3, -0.25) is 4.79 Å². The van der Waals surface area contributed by atoms with Gasteiger partial charge in [-0.05, 0) is 57.4 Å². The van der Waals surface area contributed by atoms with E-state index in [4.69, 9.17) is 0 Å². The Bertz CT molecular complexity index is 1130. The van der Waals surface area contributed by atoms with Gasteiger partial charge in [0.25, 0.3) is 5.91 Å². The van der Waals surface area contributed by atoms with Crippen molar-refractivity contribution in [2.24, 2.45) is 0 Å². The van der Waals surface area contributed by atoms with Crippen LogP contribution < -0.4 is 10.6 Å². The van der Waals surface area contributed by atoms with Crippen molar-refractivity contribution in [2.45, 2.75) is 39.5 Å². The quantitative estimate of drug-likeness (QED) is 0.578. The Labute approximate surface area is 191 Å². The van der Waals surface area contributed by atoms with E-state index in [1.807, 2.05) is 62.1 Å². The average molecular weight is 450 g/mol. The normalized spacial score (nSPS) is 16.0. The maximum absolute atomic E-state index is 12.8. The number of nitrogens with one attached hydrogen (secondary N) is 2. The van der Waals surface area contributed by atoms with Crippen LogP contribution in [-0.4, -0.2) is 40.1 Å². The molecule has 1 fully saturated rings. The van der Waals surface area contributed by atoms with Gasteiger partial charge in [0.2, 0.25) is 5.01 Å². The lowest BCUT2D eigenvalue weighted by Gasteiger charge is -2.31. The van der Waals surface area contributed by atoms with Crippen molar-refractivity contribution in [1.82, 2.24) is 15.1 Å². The van der Waals surface area contributed by atoms with Crippen molar-refractivity contribution < 1.29 is 9.59 Å². The van der Waals surface area contributed by atoms with E-state index < -0.39 is 0 Å². The Morgan fingerprint density at radius 2 is 1.75 bits per heavy atom. The van der Waals surface area contributed by atoms with Crippen LogP contribution in [0.25, 0.3) is 0 Å². The Morgan fingerprint density at radius 1 is 1.00 bits per heavy atom. The minimum absolute atomic E-state index is 0.0760. The second-order valence-electron chi connectivity index (χ2n) is 8.30. The summed E-state index contributed by atoms with van der Waals surface area (Å²) >= 11 is 1.30. The number of benzene rings is 2. The summed E-state index contributed by atoms with van der Waals surface area (Å²) < 4.78 is 0. The highest BCUT2D eigenvalue weighted by molar-refractivity contribution is 7.13. The fourth-order valence-electron chi connectivity index (χ4n) is 3.82. The van der Waals surface area contributed by atoms with Gasteiger partial charge >= 0.3 is 6.03 Å². The van der Waals surface area contributed by atoms with Crippen LogP contribution in [0.2, 0.25) is 0 Å². The number of hydrogen-bond acceptors (Lipinski definition) is 5. The number of urea groups is 1.